The smallest absolute Gasteiger partial charge is 0.293 e. The number of hydrogen-bond acceptors (Lipinski definition) is 6. The van der Waals surface area contributed by atoms with Gasteiger partial charge in [0.2, 0.25) is 10.0 Å². The first-order chi connectivity index (χ1) is 11.4. The molecule has 0 amide bonds. The quantitative estimate of drug-likeness (QED) is 0.648. The van der Waals surface area contributed by atoms with Gasteiger partial charge in [-0.2, -0.15) is 0 Å². The van der Waals surface area contributed by atoms with Gasteiger partial charge < -0.3 is 4.90 Å². The van der Waals surface area contributed by atoms with Crippen molar-refractivity contribution in [3.05, 3.63) is 50.7 Å². The molecule has 0 bridgehead atoms. The second-order valence-corrected chi connectivity index (χ2v) is 8.35. The molecule has 1 aliphatic rings. The summed E-state index contributed by atoms with van der Waals surface area (Å²) in [6.45, 7) is 0.710. The zero-order chi connectivity index (χ0) is 17.3. The van der Waals surface area contributed by atoms with Gasteiger partial charge >= 0.3 is 0 Å². The molecule has 1 fully saturated rings. The summed E-state index contributed by atoms with van der Waals surface area (Å²) < 4.78 is 26.0. The summed E-state index contributed by atoms with van der Waals surface area (Å²) in [5.41, 5.74) is 0.278. The minimum absolute atomic E-state index is 0.0930. The Hall–Kier alpha value is -1.97. The maximum atomic E-state index is 11.9. The van der Waals surface area contributed by atoms with Crippen LogP contribution in [-0.4, -0.2) is 26.9 Å². The lowest BCUT2D eigenvalue weighted by Gasteiger charge is -2.26. The van der Waals surface area contributed by atoms with Crippen molar-refractivity contribution in [3.63, 3.8) is 0 Å². The van der Waals surface area contributed by atoms with Crippen LogP contribution in [0.2, 0.25) is 0 Å². The molecular formula is C15H17N3O4S2. The standard InChI is InChI=1S/C15H17N3O4S2/c1-16-24(21,22)11-6-7-12(14(10-11)18(19)20)17-8-2-4-13(17)15-5-3-9-23-15/h3,5-7,9-10,13,16H,2,4,8H2,1H3/t13-/m1/s1. The van der Waals surface area contributed by atoms with Crippen molar-refractivity contribution in [3.8, 4) is 0 Å². The van der Waals surface area contributed by atoms with Crippen LogP contribution in [0.1, 0.15) is 23.8 Å². The number of rotatable bonds is 5. The minimum Gasteiger partial charge on any atom is -0.358 e. The van der Waals surface area contributed by atoms with E-state index in [4.69, 9.17) is 0 Å². The number of nitro benzene ring substituents is 1. The molecule has 1 aliphatic heterocycles. The van der Waals surface area contributed by atoms with Crippen LogP contribution in [0.3, 0.4) is 0 Å². The van der Waals surface area contributed by atoms with Gasteiger partial charge in [0.1, 0.15) is 5.69 Å². The Bertz CT molecular complexity index is 850. The number of nitro groups is 1. The summed E-state index contributed by atoms with van der Waals surface area (Å²) in [6, 6.07) is 8.17. The average molecular weight is 367 g/mol. The Morgan fingerprint density at radius 1 is 1.38 bits per heavy atom. The molecule has 24 heavy (non-hydrogen) atoms. The molecule has 1 aromatic carbocycles. The monoisotopic (exact) mass is 367 g/mol. The Morgan fingerprint density at radius 3 is 2.79 bits per heavy atom. The average Bonchev–Trinajstić information content (AvgIpc) is 3.24. The lowest BCUT2D eigenvalue weighted by molar-refractivity contribution is -0.384. The largest absolute Gasteiger partial charge is 0.358 e. The lowest BCUT2D eigenvalue weighted by Crippen LogP contribution is -2.23. The summed E-state index contributed by atoms with van der Waals surface area (Å²) >= 11 is 1.63. The summed E-state index contributed by atoms with van der Waals surface area (Å²) in [6.07, 6.45) is 1.87. The number of nitrogens with zero attached hydrogens (tertiary/aromatic N) is 2. The third kappa shape index (κ3) is 3.02. The topological polar surface area (TPSA) is 92.6 Å². The number of sulfonamides is 1. The lowest BCUT2D eigenvalue weighted by atomic mass is 10.1. The molecule has 2 aromatic rings. The van der Waals surface area contributed by atoms with E-state index in [-0.39, 0.29) is 16.6 Å². The first-order valence-corrected chi connectivity index (χ1v) is 9.82. The molecule has 0 radical (unpaired) electrons. The van der Waals surface area contributed by atoms with E-state index < -0.39 is 14.9 Å². The first-order valence-electron chi connectivity index (χ1n) is 7.46. The number of thiophene rings is 1. The number of nitrogens with one attached hydrogen (secondary N) is 1. The summed E-state index contributed by atoms with van der Waals surface area (Å²) in [5.74, 6) is 0. The molecule has 0 unspecified atom stereocenters. The van der Waals surface area contributed by atoms with Crippen LogP contribution in [0.5, 0.6) is 0 Å². The van der Waals surface area contributed by atoms with Crippen molar-refractivity contribution in [1.82, 2.24) is 4.72 Å². The highest BCUT2D eigenvalue weighted by Gasteiger charge is 2.32. The summed E-state index contributed by atoms with van der Waals surface area (Å²) in [5, 5.41) is 13.5. The van der Waals surface area contributed by atoms with Gasteiger partial charge in [0.05, 0.1) is 15.9 Å². The highest BCUT2D eigenvalue weighted by atomic mass is 32.2. The molecular weight excluding hydrogens is 350 g/mol. The van der Waals surface area contributed by atoms with E-state index in [0.717, 1.165) is 23.8 Å². The molecule has 0 spiro atoms. The number of anilines is 1. The van der Waals surface area contributed by atoms with E-state index in [0.29, 0.717) is 12.2 Å². The van der Waals surface area contributed by atoms with E-state index in [1.54, 1.807) is 11.3 Å². The maximum absolute atomic E-state index is 11.9. The summed E-state index contributed by atoms with van der Waals surface area (Å²) in [7, 11) is -2.44. The van der Waals surface area contributed by atoms with Crippen LogP contribution < -0.4 is 9.62 Å². The molecule has 128 valence electrons. The van der Waals surface area contributed by atoms with Gasteiger partial charge in [-0.15, -0.1) is 11.3 Å². The van der Waals surface area contributed by atoms with Crippen LogP contribution >= 0.6 is 11.3 Å². The van der Waals surface area contributed by atoms with Gasteiger partial charge in [-0.25, -0.2) is 13.1 Å². The predicted octanol–water partition coefficient (Wildman–Crippen LogP) is 2.91. The number of benzene rings is 1. The Labute approximate surface area is 144 Å². The van der Waals surface area contributed by atoms with Crippen molar-refractivity contribution < 1.29 is 13.3 Å². The predicted molar refractivity (Wildman–Crippen MR) is 93.0 cm³/mol. The van der Waals surface area contributed by atoms with Crippen molar-refractivity contribution in [2.24, 2.45) is 0 Å². The van der Waals surface area contributed by atoms with Crippen LogP contribution in [0.15, 0.2) is 40.6 Å². The van der Waals surface area contributed by atoms with Gasteiger partial charge in [-0.3, -0.25) is 10.1 Å². The van der Waals surface area contributed by atoms with E-state index in [2.05, 4.69) is 4.72 Å². The van der Waals surface area contributed by atoms with E-state index >= 15 is 0 Å². The molecule has 3 rings (SSSR count). The molecule has 1 atom stereocenters. The summed E-state index contributed by atoms with van der Waals surface area (Å²) in [4.78, 5) is 14.0. The Balaban J connectivity index is 2.06. The zero-order valence-corrected chi connectivity index (χ0v) is 14.6. The van der Waals surface area contributed by atoms with Crippen LogP contribution in [0, 0.1) is 10.1 Å². The van der Waals surface area contributed by atoms with Crippen molar-refractivity contribution in [2.45, 2.75) is 23.8 Å². The number of hydrogen-bond donors (Lipinski definition) is 1. The van der Waals surface area contributed by atoms with E-state index in [1.807, 2.05) is 22.4 Å². The zero-order valence-electron chi connectivity index (χ0n) is 13.0. The normalized spacial score (nSPS) is 18.0. The second kappa shape index (κ2) is 6.50. The molecule has 7 nitrogen and oxygen atoms in total. The van der Waals surface area contributed by atoms with Crippen LogP contribution in [0.25, 0.3) is 0 Å². The molecule has 1 N–H and O–H groups in total. The highest BCUT2D eigenvalue weighted by molar-refractivity contribution is 7.89. The van der Waals surface area contributed by atoms with Crippen molar-refractivity contribution in [1.29, 1.82) is 0 Å². The molecule has 0 aliphatic carbocycles. The van der Waals surface area contributed by atoms with Gasteiger partial charge in [-0.1, -0.05) is 6.07 Å². The first kappa shape index (κ1) is 16.9. The maximum Gasteiger partial charge on any atom is 0.293 e. The second-order valence-electron chi connectivity index (χ2n) is 5.48. The minimum atomic E-state index is -3.72. The van der Waals surface area contributed by atoms with Gasteiger partial charge in [0.25, 0.3) is 5.69 Å². The fourth-order valence-electron chi connectivity index (χ4n) is 3.01. The Morgan fingerprint density at radius 2 is 2.17 bits per heavy atom. The van der Waals surface area contributed by atoms with E-state index in [9.17, 15) is 18.5 Å². The van der Waals surface area contributed by atoms with Crippen LogP contribution in [0.4, 0.5) is 11.4 Å². The Kier molecular flexibility index (Phi) is 4.57. The molecule has 1 aromatic heterocycles. The molecule has 1 saturated heterocycles. The SMILES string of the molecule is CNS(=O)(=O)c1ccc(N2CCC[C@@H]2c2cccs2)c([N+](=O)[O-])c1. The van der Waals surface area contributed by atoms with Gasteiger partial charge in [0, 0.05) is 17.5 Å². The third-order valence-corrected chi connectivity index (χ3v) is 6.54. The molecule has 0 saturated carbocycles. The highest BCUT2D eigenvalue weighted by Crippen LogP contribution is 2.42. The van der Waals surface area contributed by atoms with Gasteiger partial charge in [-0.05, 0) is 43.5 Å². The molecule has 2 heterocycles. The van der Waals surface area contributed by atoms with Gasteiger partial charge in [0.15, 0.2) is 0 Å². The fourth-order valence-corrected chi connectivity index (χ4v) is 4.63. The van der Waals surface area contributed by atoms with Crippen molar-refractivity contribution in [2.75, 3.05) is 18.5 Å². The molecule has 9 heteroatoms. The van der Waals surface area contributed by atoms with Crippen molar-refractivity contribution >= 4 is 32.7 Å². The fraction of sp³-hybridized carbons (Fsp3) is 0.333. The third-order valence-electron chi connectivity index (χ3n) is 4.16. The van der Waals surface area contributed by atoms with Crippen LogP contribution in [-0.2, 0) is 10.0 Å². The van der Waals surface area contributed by atoms with E-state index in [1.165, 1.54) is 19.2 Å².